The summed E-state index contributed by atoms with van der Waals surface area (Å²) in [5.41, 5.74) is 1.17. The SMILES string of the molecule is CCC(NCCC1CCOC1)c1ccc(F)cc1. The van der Waals surface area contributed by atoms with Crippen LogP contribution >= 0.6 is 0 Å². The lowest BCUT2D eigenvalue weighted by molar-refractivity contribution is 0.184. The number of rotatable bonds is 6. The van der Waals surface area contributed by atoms with Gasteiger partial charge >= 0.3 is 0 Å². The molecule has 1 N–H and O–H groups in total. The first kappa shape index (κ1) is 13.5. The zero-order valence-corrected chi connectivity index (χ0v) is 11.0. The molecule has 18 heavy (non-hydrogen) atoms. The highest BCUT2D eigenvalue weighted by atomic mass is 19.1. The molecule has 2 rings (SSSR count). The monoisotopic (exact) mass is 251 g/mol. The lowest BCUT2D eigenvalue weighted by atomic mass is 10.0. The van der Waals surface area contributed by atoms with Crippen molar-refractivity contribution in [1.82, 2.24) is 5.32 Å². The Morgan fingerprint density at radius 3 is 2.78 bits per heavy atom. The first-order chi connectivity index (χ1) is 8.79. The van der Waals surface area contributed by atoms with Crippen LogP contribution in [0.4, 0.5) is 4.39 Å². The van der Waals surface area contributed by atoms with Crippen molar-refractivity contribution in [2.75, 3.05) is 19.8 Å². The quantitative estimate of drug-likeness (QED) is 0.837. The lowest BCUT2D eigenvalue weighted by Crippen LogP contribution is -2.23. The van der Waals surface area contributed by atoms with Crippen molar-refractivity contribution in [3.05, 3.63) is 35.6 Å². The molecule has 3 heteroatoms. The van der Waals surface area contributed by atoms with E-state index in [4.69, 9.17) is 4.74 Å². The number of halogens is 1. The highest BCUT2D eigenvalue weighted by molar-refractivity contribution is 5.19. The Morgan fingerprint density at radius 1 is 1.39 bits per heavy atom. The number of benzene rings is 1. The van der Waals surface area contributed by atoms with Gasteiger partial charge in [-0.25, -0.2) is 4.39 Å². The van der Waals surface area contributed by atoms with Gasteiger partial charge in [0.05, 0.1) is 0 Å². The molecule has 0 spiro atoms. The molecule has 0 radical (unpaired) electrons. The molecule has 1 aliphatic rings. The van der Waals surface area contributed by atoms with E-state index in [1.54, 1.807) is 0 Å². The van der Waals surface area contributed by atoms with Crippen molar-refractivity contribution in [3.63, 3.8) is 0 Å². The summed E-state index contributed by atoms with van der Waals surface area (Å²) in [5.74, 6) is 0.542. The van der Waals surface area contributed by atoms with Crippen LogP contribution in [0.3, 0.4) is 0 Å². The second kappa shape index (κ2) is 6.86. The fraction of sp³-hybridized carbons (Fsp3) is 0.600. The van der Waals surface area contributed by atoms with Gasteiger partial charge in [0, 0.05) is 19.3 Å². The van der Waals surface area contributed by atoms with E-state index in [2.05, 4.69) is 12.2 Å². The molecular formula is C15H22FNO. The molecule has 0 amide bonds. The molecule has 1 aliphatic heterocycles. The van der Waals surface area contributed by atoms with Crippen LogP contribution < -0.4 is 5.32 Å². The Balaban J connectivity index is 1.79. The third-order valence-corrected chi connectivity index (χ3v) is 3.65. The van der Waals surface area contributed by atoms with Gasteiger partial charge in [-0.3, -0.25) is 0 Å². The molecule has 0 saturated carbocycles. The third kappa shape index (κ3) is 3.79. The average Bonchev–Trinajstić information content (AvgIpc) is 2.89. The van der Waals surface area contributed by atoms with E-state index < -0.39 is 0 Å². The summed E-state index contributed by atoms with van der Waals surface area (Å²) in [4.78, 5) is 0. The lowest BCUT2D eigenvalue weighted by Gasteiger charge is -2.18. The summed E-state index contributed by atoms with van der Waals surface area (Å²) in [7, 11) is 0. The van der Waals surface area contributed by atoms with E-state index in [9.17, 15) is 4.39 Å². The first-order valence-corrected chi connectivity index (χ1v) is 6.86. The second-order valence-electron chi connectivity index (χ2n) is 4.98. The molecular weight excluding hydrogens is 229 g/mol. The molecule has 2 atom stereocenters. The van der Waals surface area contributed by atoms with E-state index in [-0.39, 0.29) is 5.82 Å². The van der Waals surface area contributed by atoms with Crippen LogP contribution in [0.2, 0.25) is 0 Å². The Labute approximate surface area is 109 Å². The first-order valence-electron chi connectivity index (χ1n) is 6.86. The fourth-order valence-corrected chi connectivity index (χ4v) is 2.47. The standard InChI is InChI=1S/C15H22FNO/c1-2-15(13-3-5-14(16)6-4-13)17-9-7-12-8-10-18-11-12/h3-6,12,15,17H,2,7-11H2,1H3. The van der Waals surface area contributed by atoms with Gasteiger partial charge in [0.2, 0.25) is 0 Å². The topological polar surface area (TPSA) is 21.3 Å². The van der Waals surface area contributed by atoms with Gasteiger partial charge < -0.3 is 10.1 Å². The van der Waals surface area contributed by atoms with E-state index >= 15 is 0 Å². The zero-order valence-electron chi connectivity index (χ0n) is 11.0. The molecule has 1 heterocycles. The van der Waals surface area contributed by atoms with Crippen LogP contribution in [0, 0.1) is 11.7 Å². The molecule has 1 aromatic rings. The molecule has 0 aromatic heterocycles. The minimum Gasteiger partial charge on any atom is -0.381 e. The maximum atomic E-state index is 12.9. The van der Waals surface area contributed by atoms with Gasteiger partial charge in [0.1, 0.15) is 5.82 Å². The van der Waals surface area contributed by atoms with Gasteiger partial charge in [-0.2, -0.15) is 0 Å². The number of hydrogen-bond donors (Lipinski definition) is 1. The van der Waals surface area contributed by atoms with E-state index in [0.717, 1.165) is 32.6 Å². The molecule has 2 unspecified atom stereocenters. The molecule has 1 fully saturated rings. The molecule has 1 saturated heterocycles. The second-order valence-corrected chi connectivity index (χ2v) is 4.98. The highest BCUT2D eigenvalue weighted by Crippen LogP contribution is 2.19. The largest absolute Gasteiger partial charge is 0.381 e. The van der Waals surface area contributed by atoms with E-state index in [1.807, 2.05) is 12.1 Å². The van der Waals surface area contributed by atoms with Crippen molar-refractivity contribution < 1.29 is 9.13 Å². The van der Waals surface area contributed by atoms with Crippen molar-refractivity contribution in [1.29, 1.82) is 0 Å². The van der Waals surface area contributed by atoms with Gasteiger partial charge in [0.15, 0.2) is 0 Å². The third-order valence-electron chi connectivity index (χ3n) is 3.65. The van der Waals surface area contributed by atoms with Crippen molar-refractivity contribution >= 4 is 0 Å². The molecule has 1 aromatic carbocycles. The van der Waals surface area contributed by atoms with Crippen LogP contribution in [0.5, 0.6) is 0 Å². The molecule has 0 aliphatic carbocycles. The smallest absolute Gasteiger partial charge is 0.123 e. The summed E-state index contributed by atoms with van der Waals surface area (Å²) in [6, 6.07) is 7.13. The number of ether oxygens (including phenoxy) is 1. The highest BCUT2D eigenvalue weighted by Gasteiger charge is 2.16. The van der Waals surface area contributed by atoms with Gasteiger partial charge in [-0.05, 0) is 49.4 Å². The van der Waals surface area contributed by atoms with Crippen LogP contribution in [0.25, 0.3) is 0 Å². The molecule has 100 valence electrons. The minimum absolute atomic E-state index is 0.170. The predicted molar refractivity (Wildman–Crippen MR) is 71.0 cm³/mol. The maximum absolute atomic E-state index is 12.9. The predicted octanol–water partition coefficient (Wildman–Crippen LogP) is 3.29. The Morgan fingerprint density at radius 2 is 2.17 bits per heavy atom. The minimum atomic E-state index is -0.170. The average molecular weight is 251 g/mol. The fourth-order valence-electron chi connectivity index (χ4n) is 2.47. The van der Waals surface area contributed by atoms with Crippen LogP contribution in [-0.2, 0) is 4.74 Å². The summed E-state index contributed by atoms with van der Waals surface area (Å²) in [6.07, 6.45) is 3.37. The van der Waals surface area contributed by atoms with Gasteiger partial charge in [-0.1, -0.05) is 19.1 Å². The summed E-state index contributed by atoms with van der Waals surface area (Å²) in [6.45, 7) is 4.98. The number of hydrogen-bond acceptors (Lipinski definition) is 2. The van der Waals surface area contributed by atoms with E-state index in [1.165, 1.54) is 24.1 Å². The van der Waals surface area contributed by atoms with Gasteiger partial charge in [-0.15, -0.1) is 0 Å². The van der Waals surface area contributed by atoms with E-state index in [0.29, 0.717) is 12.0 Å². The van der Waals surface area contributed by atoms with Gasteiger partial charge in [0.25, 0.3) is 0 Å². The Bertz CT molecular complexity index is 346. The summed E-state index contributed by atoms with van der Waals surface area (Å²) in [5, 5.41) is 3.55. The normalized spacial score (nSPS) is 21.1. The van der Waals surface area contributed by atoms with Crippen LogP contribution in [0.1, 0.15) is 37.8 Å². The van der Waals surface area contributed by atoms with Crippen molar-refractivity contribution in [3.8, 4) is 0 Å². The summed E-state index contributed by atoms with van der Waals surface area (Å²) < 4.78 is 18.2. The van der Waals surface area contributed by atoms with Crippen LogP contribution in [0.15, 0.2) is 24.3 Å². The maximum Gasteiger partial charge on any atom is 0.123 e. The molecule has 0 bridgehead atoms. The summed E-state index contributed by atoms with van der Waals surface area (Å²) >= 11 is 0. The zero-order chi connectivity index (χ0) is 12.8. The van der Waals surface area contributed by atoms with Crippen molar-refractivity contribution in [2.24, 2.45) is 5.92 Å². The Hall–Kier alpha value is -0.930. The Kier molecular flexibility index (Phi) is 5.14. The van der Waals surface area contributed by atoms with Crippen molar-refractivity contribution in [2.45, 2.75) is 32.2 Å². The van der Waals surface area contributed by atoms with Crippen LogP contribution in [-0.4, -0.2) is 19.8 Å². The number of nitrogens with one attached hydrogen (secondary N) is 1. The molecule has 2 nitrogen and oxygen atoms in total.